The van der Waals surface area contributed by atoms with Crippen LogP contribution in [0.2, 0.25) is 0 Å². The molecule has 1 aromatic rings. The van der Waals surface area contributed by atoms with Crippen molar-refractivity contribution < 1.29 is 4.79 Å². The molecule has 0 aromatic carbocycles. The molecular formula is C13H17N3O. The summed E-state index contributed by atoms with van der Waals surface area (Å²) in [5, 5.41) is 0. The number of hydrogen-bond acceptors (Lipinski definition) is 3. The predicted molar refractivity (Wildman–Crippen MR) is 65.9 cm³/mol. The average molecular weight is 231 g/mol. The van der Waals surface area contributed by atoms with E-state index in [0.29, 0.717) is 12.5 Å². The lowest BCUT2D eigenvalue weighted by atomic mass is 10.1. The summed E-state index contributed by atoms with van der Waals surface area (Å²) >= 11 is 0. The maximum atomic E-state index is 12.0. The summed E-state index contributed by atoms with van der Waals surface area (Å²) in [6.45, 7) is 5.05. The Kier molecular flexibility index (Phi) is 2.59. The van der Waals surface area contributed by atoms with Crippen molar-refractivity contribution in [2.75, 3.05) is 24.5 Å². The normalized spacial score (nSPS) is 25.1. The van der Waals surface area contributed by atoms with E-state index in [4.69, 9.17) is 0 Å². The molecule has 2 aliphatic rings. The van der Waals surface area contributed by atoms with Crippen LogP contribution in [0.3, 0.4) is 0 Å². The first kappa shape index (κ1) is 10.7. The molecule has 3 heterocycles. The highest BCUT2D eigenvalue weighted by Gasteiger charge is 2.36. The molecule has 1 amide bonds. The predicted octanol–water partition coefficient (Wildman–Crippen LogP) is 1.20. The molecule has 0 saturated carbocycles. The van der Waals surface area contributed by atoms with Crippen molar-refractivity contribution in [3.63, 3.8) is 0 Å². The number of pyridine rings is 1. The van der Waals surface area contributed by atoms with Crippen LogP contribution in [0.1, 0.15) is 18.5 Å². The van der Waals surface area contributed by atoms with Gasteiger partial charge in [-0.3, -0.25) is 14.6 Å². The zero-order valence-corrected chi connectivity index (χ0v) is 10.1. The van der Waals surface area contributed by atoms with Crippen molar-refractivity contribution >= 4 is 11.7 Å². The van der Waals surface area contributed by atoms with Crippen LogP contribution in [-0.2, 0) is 4.79 Å². The molecule has 0 unspecified atom stereocenters. The van der Waals surface area contributed by atoms with Gasteiger partial charge in [0.2, 0.25) is 5.91 Å². The fraction of sp³-hybridized carbons (Fsp3) is 0.538. The number of likely N-dealkylation sites (tertiary alicyclic amines) is 1. The first-order valence-corrected chi connectivity index (χ1v) is 6.22. The van der Waals surface area contributed by atoms with Crippen molar-refractivity contribution in [1.29, 1.82) is 0 Å². The highest BCUT2D eigenvalue weighted by molar-refractivity contribution is 5.95. The van der Waals surface area contributed by atoms with Crippen LogP contribution in [0.25, 0.3) is 0 Å². The Morgan fingerprint density at radius 2 is 2.18 bits per heavy atom. The fourth-order valence-corrected chi connectivity index (χ4v) is 2.54. The third-order valence-corrected chi connectivity index (χ3v) is 3.66. The minimum Gasteiger partial charge on any atom is -0.298 e. The molecule has 0 bridgehead atoms. The van der Waals surface area contributed by atoms with Gasteiger partial charge in [0, 0.05) is 24.7 Å². The van der Waals surface area contributed by atoms with E-state index in [1.54, 1.807) is 0 Å². The zero-order valence-electron chi connectivity index (χ0n) is 10.1. The number of aromatic nitrogens is 1. The number of hydrogen-bond donors (Lipinski definition) is 0. The molecule has 3 rings (SSSR count). The Balaban J connectivity index is 1.77. The lowest BCUT2D eigenvalue weighted by Crippen LogP contribution is -2.46. The van der Waals surface area contributed by atoms with E-state index in [1.807, 2.05) is 30.0 Å². The van der Waals surface area contributed by atoms with Gasteiger partial charge in [-0.2, -0.15) is 0 Å². The van der Waals surface area contributed by atoms with Crippen LogP contribution < -0.4 is 4.90 Å². The summed E-state index contributed by atoms with van der Waals surface area (Å²) < 4.78 is 0. The van der Waals surface area contributed by atoms with E-state index in [0.717, 1.165) is 31.1 Å². The summed E-state index contributed by atoms with van der Waals surface area (Å²) in [5.74, 6) is 1.01. The molecule has 90 valence electrons. The molecular weight excluding hydrogens is 214 g/mol. The van der Waals surface area contributed by atoms with Gasteiger partial charge in [-0.05, 0) is 38.6 Å². The van der Waals surface area contributed by atoms with Gasteiger partial charge >= 0.3 is 0 Å². The van der Waals surface area contributed by atoms with Crippen molar-refractivity contribution in [3.05, 3.63) is 23.9 Å². The third kappa shape index (κ3) is 1.93. The quantitative estimate of drug-likeness (QED) is 0.767. The van der Waals surface area contributed by atoms with Crippen LogP contribution in [0.15, 0.2) is 18.2 Å². The van der Waals surface area contributed by atoms with Crippen molar-refractivity contribution in [1.82, 2.24) is 9.88 Å². The van der Waals surface area contributed by atoms with Gasteiger partial charge in [0.05, 0.1) is 0 Å². The van der Waals surface area contributed by atoms with E-state index in [9.17, 15) is 4.79 Å². The van der Waals surface area contributed by atoms with E-state index in [-0.39, 0.29) is 5.91 Å². The van der Waals surface area contributed by atoms with Gasteiger partial charge in [0.1, 0.15) is 5.82 Å². The molecule has 2 aliphatic heterocycles. The largest absolute Gasteiger partial charge is 0.298 e. The monoisotopic (exact) mass is 231 g/mol. The van der Waals surface area contributed by atoms with E-state index in [1.165, 1.54) is 6.42 Å². The molecule has 4 heteroatoms. The number of rotatable bonds is 2. The summed E-state index contributed by atoms with van der Waals surface area (Å²) in [6.07, 6.45) is 1.92. The smallest absolute Gasteiger partial charge is 0.229 e. The zero-order chi connectivity index (χ0) is 11.8. The van der Waals surface area contributed by atoms with Crippen molar-refractivity contribution in [2.45, 2.75) is 25.8 Å². The van der Waals surface area contributed by atoms with Gasteiger partial charge in [-0.15, -0.1) is 0 Å². The molecule has 0 N–H and O–H groups in total. The molecule has 4 nitrogen and oxygen atoms in total. The Morgan fingerprint density at radius 3 is 2.82 bits per heavy atom. The fourth-order valence-electron chi connectivity index (χ4n) is 2.54. The Hall–Kier alpha value is -1.42. The highest BCUT2D eigenvalue weighted by atomic mass is 16.2. The minimum absolute atomic E-state index is 0.208. The Bertz CT molecular complexity index is 442. The lowest BCUT2D eigenvalue weighted by molar-refractivity contribution is -0.117. The van der Waals surface area contributed by atoms with Gasteiger partial charge < -0.3 is 0 Å². The third-order valence-electron chi connectivity index (χ3n) is 3.66. The number of anilines is 1. The number of nitrogens with zero attached hydrogens (tertiary/aromatic N) is 3. The van der Waals surface area contributed by atoms with Crippen LogP contribution >= 0.6 is 0 Å². The van der Waals surface area contributed by atoms with Gasteiger partial charge in [-0.25, -0.2) is 4.98 Å². The Morgan fingerprint density at radius 1 is 1.35 bits per heavy atom. The Labute approximate surface area is 101 Å². The average Bonchev–Trinajstić information content (AvgIpc) is 2.57. The number of aryl methyl sites for hydroxylation is 1. The van der Waals surface area contributed by atoms with Crippen molar-refractivity contribution in [2.24, 2.45) is 0 Å². The molecule has 0 spiro atoms. The van der Waals surface area contributed by atoms with E-state index in [2.05, 4.69) is 9.88 Å². The van der Waals surface area contributed by atoms with Crippen LogP contribution in [0, 0.1) is 6.92 Å². The van der Waals surface area contributed by atoms with Crippen molar-refractivity contribution in [3.8, 4) is 0 Å². The molecule has 1 atom stereocenters. The number of amides is 1. The first-order chi connectivity index (χ1) is 8.24. The van der Waals surface area contributed by atoms with Gasteiger partial charge in [0.15, 0.2) is 0 Å². The summed E-state index contributed by atoms with van der Waals surface area (Å²) in [6, 6.07) is 6.24. The topological polar surface area (TPSA) is 36.4 Å². The summed E-state index contributed by atoms with van der Waals surface area (Å²) in [7, 11) is 0. The number of carbonyl (C=O) groups excluding carboxylic acids is 1. The SMILES string of the molecule is Cc1cccc(N2C[C@@H](N3CCC3)CC2=O)n1. The molecule has 2 saturated heterocycles. The molecule has 0 aliphatic carbocycles. The number of carbonyl (C=O) groups is 1. The maximum Gasteiger partial charge on any atom is 0.229 e. The molecule has 1 aromatic heterocycles. The second-order valence-electron chi connectivity index (χ2n) is 4.89. The van der Waals surface area contributed by atoms with Crippen LogP contribution in [0.5, 0.6) is 0 Å². The van der Waals surface area contributed by atoms with E-state index < -0.39 is 0 Å². The minimum atomic E-state index is 0.208. The molecule has 0 radical (unpaired) electrons. The molecule has 2 fully saturated rings. The lowest BCUT2D eigenvalue weighted by Gasteiger charge is -2.35. The van der Waals surface area contributed by atoms with Gasteiger partial charge in [0.25, 0.3) is 0 Å². The highest BCUT2D eigenvalue weighted by Crippen LogP contribution is 2.25. The summed E-state index contributed by atoms with van der Waals surface area (Å²) in [4.78, 5) is 20.7. The molecule has 17 heavy (non-hydrogen) atoms. The second-order valence-corrected chi connectivity index (χ2v) is 4.89. The summed E-state index contributed by atoms with van der Waals surface area (Å²) in [5.41, 5.74) is 0.961. The van der Waals surface area contributed by atoms with Crippen LogP contribution in [0.4, 0.5) is 5.82 Å². The first-order valence-electron chi connectivity index (χ1n) is 6.22. The maximum absolute atomic E-state index is 12.0. The van der Waals surface area contributed by atoms with Crippen LogP contribution in [-0.4, -0.2) is 41.5 Å². The second kappa shape index (κ2) is 4.11. The van der Waals surface area contributed by atoms with Gasteiger partial charge in [-0.1, -0.05) is 6.07 Å². The standard InChI is InChI=1S/C13H17N3O/c1-10-4-2-5-12(14-10)16-9-11(8-13(16)17)15-6-3-7-15/h2,4-5,11H,3,6-9H2,1H3/t11-/m0/s1. The van der Waals surface area contributed by atoms with E-state index >= 15 is 0 Å².